The molecule has 1 aliphatic rings. The SMILES string of the molecule is C[C@@H]1CNCCN1C(=O)COc1ccc(O)cc1.Cl. The summed E-state index contributed by atoms with van der Waals surface area (Å²) in [6.45, 7) is 4.43. The Balaban J connectivity index is 0.00000180. The van der Waals surface area contributed by atoms with Crippen molar-refractivity contribution in [3.05, 3.63) is 24.3 Å². The molecule has 0 aliphatic carbocycles. The molecule has 0 saturated carbocycles. The van der Waals surface area contributed by atoms with Crippen molar-refractivity contribution < 1.29 is 14.6 Å². The van der Waals surface area contributed by atoms with Crippen molar-refractivity contribution in [2.24, 2.45) is 0 Å². The van der Waals surface area contributed by atoms with Gasteiger partial charge in [-0.25, -0.2) is 0 Å². The molecule has 1 aromatic carbocycles. The van der Waals surface area contributed by atoms with Gasteiger partial charge in [0.1, 0.15) is 11.5 Å². The van der Waals surface area contributed by atoms with Gasteiger partial charge in [-0.05, 0) is 31.2 Å². The van der Waals surface area contributed by atoms with E-state index in [0.29, 0.717) is 5.75 Å². The van der Waals surface area contributed by atoms with Crippen LogP contribution < -0.4 is 10.1 Å². The number of phenols is 1. The number of amides is 1. The molecular formula is C13H19ClN2O3. The Morgan fingerprint density at radius 3 is 2.79 bits per heavy atom. The fraction of sp³-hybridized carbons (Fsp3) is 0.462. The molecule has 0 unspecified atom stereocenters. The minimum Gasteiger partial charge on any atom is -0.508 e. The van der Waals surface area contributed by atoms with E-state index in [9.17, 15) is 4.79 Å². The van der Waals surface area contributed by atoms with Gasteiger partial charge in [-0.15, -0.1) is 12.4 Å². The Hall–Kier alpha value is -1.46. The van der Waals surface area contributed by atoms with Gasteiger partial charge in [-0.3, -0.25) is 4.79 Å². The van der Waals surface area contributed by atoms with Crippen LogP contribution in [0.2, 0.25) is 0 Å². The first-order valence-corrected chi connectivity index (χ1v) is 6.09. The lowest BCUT2D eigenvalue weighted by atomic mass is 10.2. The molecule has 1 amide bonds. The Bertz CT molecular complexity index is 411. The van der Waals surface area contributed by atoms with Crippen LogP contribution in [0.4, 0.5) is 0 Å². The summed E-state index contributed by atoms with van der Waals surface area (Å²) in [4.78, 5) is 13.8. The van der Waals surface area contributed by atoms with E-state index in [-0.39, 0.29) is 36.7 Å². The molecule has 19 heavy (non-hydrogen) atoms. The minimum absolute atomic E-state index is 0. The number of carbonyl (C=O) groups excluding carboxylic acids is 1. The van der Waals surface area contributed by atoms with Gasteiger partial charge in [0.2, 0.25) is 0 Å². The molecule has 1 aromatic rings. The van der Waals surface area contributed by atoms with E-state index < -0.39 is 0 Å². The van der Waals surface area contributed by atoms with Crippen molar-refractivity contribution in [1.82, 2.24) is 10.2 Å². The number of piperazine rings is 1. The average Bonchev–Trinajstić information content (AvgIpc) is 2.38. The lowest BCUT2D eigenvalue weighted by molar-refractivity contribution is -0.136. The molecule has 5 nitrogen and oxygen atoms in total. The molecule has 0 aromatic heterocycles. The van der Waals surface area contributed by atoms with E-state index in [4.69, 9.17) is 9.84 Å². The lowest BCUT2D eigenvalue weighted by Crippen LogP contribution is -2.53. The molecule has 1 saturated heterocycles. The summed E-state index contributed by atoms with van der Waals surface area (Å²) < 4.78 is 5.40. The number of halogens is 1. The summed E-state index contributed by atoms with van der Waals surface area (Å²) in [6.07, 6.45) is 0. The Kier molecular flexibility index (Phi) is 5.92. The Labute approximate surface area is 119 Å². The zero-order valence-corrected chi connectivity index (χ0v) is 11.7. The maximum Gasteiger partial charge on any atom is 0.260 e. The summed E-state index contributed by atoms with van der Waals surface area (Å²) in [5, 5.41) is 12.4. The number of ether oxygens (including phenoxy) is 1. The van der Waals surface area contributed by atoms with Gasteiger partial charge in [0, 0.05) is 25.7 Å². The molecule has 1 heterocycles. The Morgan fingerprint density at radius 1 is 1.47 bits per heavy atom. The van der Waals surface area contributed by atoms with Crippen LogP contribution in [-0.4, -0.2) is 48.2 Å². The number of aromatic hydroxyl groups is 1. The third-order valence-electron chi connectivity index (χ3n) is 3.02. The second-order valence-electron chi connectivity index (χ2n) is 4.42. The molecule has 2 rings (SSSR count). The summed E-state index contributed by atoms with van der Waals surface area (Å²) >= 11 is 0. The van der Waals surface area contributed by atoms with E-state index in [0.717, 1.165) is 19.6 Å². The van der Waals surface area contributed by atoms with Crippen LogP contribution in [0.3, 0.4) is 0 Å². The smallest absolute Gasteiger partial charge is 0.260 e. The number of nitrogens with one attached hydrogen (secondary N) is 1. The molecule has 0 radical (unpaired) electrons. The van der Waals surface area contributed by atoms with Crippen molar-refractivity contribution in [2.45, 2.75) is 13.0 Å². The van der Waals surface area contributed by atoms with Crippen molar-refractivity contribution in [3.8, 4) is 11.5 Å². The topological polar surface area (TPSA) is 61.8 Å². The number of benzene rings is 1. The van der Waals surface area contributed by atoms with Gasteiger partial charge in [0.25, 0.3) is 5.91 Å². The van der Waals surface area contributed by atoms with Crippen molar-refractivity contribution >= 4 is 18.3 Å². The maximum absolute atomic E-state index is 12.0. The van der Waals surface area contributed by atoms with Gasteiger partial charge in [-0.2, -0.15) is 0 Å². The van der Waals surface area contributed by atoms with Crippen LogP contribution in [0.1, 0.15) is 6.92 Å². The van der Waals surface area contributed by atoms with Crippen LogP contribution in [-0.2, 0) is 4.79 Å². The van der Waals surface area contributed by atoms with Gasteiger partial charge in [-0.1, -0.05) is 0 Å². The van der Waals surface area contributed by atoms with Crippen molar-refractivity contribution in [1.29, 1.82) is 0 Å². The van der Waals surface area contributed by atoms with E-state index >= 15 is 0 Å². The highest BCUT2D eigenvalue weighted by atomic mass is 35.5. The fourth-order valence-corrected chi connectivity index (χ4v) is 1.98. The summed E-state index contributed by atoms with van der Waals surface area (Å²) in [6, 6.07) is 6.56. The molecule has 1 atom stereocenters. The predicted molar refractivity (Wildman–Crippen MR) is 74.9 cm³/mol. The van der Waals surface area contributed by atoms with Gasteiger partial charge in [0.15, 0.2) is 6.61 Å². The average molecular weight is 287 g/mol. The second kappa shape index (κ2) is 7.21. The number of hydrogen-bond donors (Lipinski definition) is 2. The minimum atomic E-state index is -0.00271. The first-order valence-electron chi connectivity index (χ1n) is 6.09. The van der Waals surface area contributed by atoms with Crippen LogP contribution in [0.5, 0.6) is 11.5 Å². The number of phenolic OH excluding ortho intramolecular Hbond substituents is 1. The fourth-order valence-electron chi connectivity index (χ4n) is 1.98. The highest BCUT2D eigenvalue weighted by Gasteiger charge is 2.22. The van der Waals surface area contributed by atoms with Crippen LogP contribution in [0.15, 0.2) is 24.3 Å². The zero-order valence-electron chi connectivity index (χ0n) is 10.8. The monoisotopic (exact) mass is 286 g/mol. The van der Waals surface area contributed by atoms with E-state index in [1.54, 1.807) is 12.1 Å². The zero-order chi connectivity index (χ0) is 13.0. The van der Waals surface area contributed by atoms with Crippen molar-refractivity contribution in [3.63, 3.8) is 0 Å². The number of rotatable bonds is 3. The highest BCUT2D eigenvalue weighted by Crippen LogP contribution is 2.16. The van der Waals surface area contributed by atoms with Gasteiger partial charge >= 0.3 is 0 Å². The molecular weight excluding hydrogens is 268 g/mol. The van der Waals surface area contributed by atoms with Crippen molar-refractivity contribution in [2.75, 3.05) is 26.2 Å². The molecule has 106 valence electrons. The van der Waals surface area contributed by atoms with E-state index in [2.05, 4.69) is 5.32 Å². The third kappa shape index (κ3) is 4.29. The van der Waals surface area contributed by atoms with E-state index in [1.807, 2.05) is 11.8 Å². The summed E-state index contributed by atoms with van der Waals surface area (Å²) in [7, 11) is 0. The molecule has 0 bridgehead atoms. The number of carbonyl (C=O) groups is 1. The summed E-state index contributed by atoms with van der Waals surface area (Å²) in [5.74, 6) is 0.769. The van der Waals surface area contributed by atoms with Crippen LogP contribution in [0.25, 0.3) is 0 Å². The third-order valence-corrected chi connectivity index (χ3v) is 3.02. The van der Waals surface area contributed by atoms with Crippen LogP contribution >= 0.6 is 12.4 Å². The maximum atomic E-state index is 12.0. The van der Waals surface area contributed by atoms with Gasteiger partial charge in [0.05, 0.1) is 0 Å². The Morgan fingerprint density at radius 2 is 2.16 bits per heavy atom. The molecule has 0 spiro atoms. The second-order valence-corrected chi connectivity index (χ2v) is 4.42. The number of nitrogens with zero attached hydrogens (tertiary/aromatic N) is 1. The molecule has 1 aliphatic heterocycles. The van der Waals surface area contributed by atoms with Gasteiger partial charge < -0.3 is 20.1 Å². The lowest BCUT2D eigenvalue weighted by Gasteiger charge is -2.33. The number of hydrogen-bond acceptors (Lipinski definition) is 4. The standard InChI is InChI=1S/C13H18N2O3.ClH/c1-10-8-14-6-7-15(10)13(17)9-18-12-4-2-11(16)3-5-12;/h2-5,10,14,16H,6-9H2,1H3;1H/t10-;/m1./s1. The largest absolute Gasteiger partial charge is 0.508 e. The normalized spacial score (nSPS) is 18.6. The predicted octanol–water partition coefficient (Wildman–Crippen LogP) is 1.01. The quantitative estimate of drug-likeness (QED) is 0.871. The van der Waals surface area contributed by atoms with Crippen LogP contribution in [0, 0.1) is 0 Å². The molecule has 1 fully saturated rings. The summed E-state index contributed by atoms with van der Waals surface area (Å²) in [5.41, 5.74) is 0. The van der Waals surface area contributed by atoms with E-state index in [1.165, 1.54) is 12.1 Å². The highest BCUT2D eigenvalue weighted by molar-refractivity contribution is 5.85. The first-order chi connectivity index (χ1) is 8.66. The first kappa shape index (κ1) is 15.6. The molecule has 6 heteroatoms. The molecule has 2 N–H and O–H groups in total.